The number of hydrogen-bond donors (Lipinski definition) is 3. The first-order chi connectivity index (χ1) is 15.8. The van der Waals surface area contributed by atoms with Crippen LogP contribution in [0.5, 0.6) is 0 Å². The van der Waals surface area contributed by atoms with Gasteiger partial charge in [-0.2, -0.15) is 0 Å². The molecule has 0 heterocycles. The van der Waals surface area contributed by atoms with Gasteiger partial charge in [0.15, 0.2) is 0 Å². The van der Waals surface area contributed by atoms with Crippen LogP contribution in [-0.4, -0.2) is 38.9 Å². The van der Waals surface area contributed by atoms with Crippen LogP contribution in [0.4, 0.5) is 0 Å². The van der Waals surface area contributed by atoms with Gasteiger partial charge in [0.25, 0.3) is 0 Å². The predicted molar refractivity (Wildman–Crippen MR) is 132 cm³/mol. The van der Waals surface area contributed by atoms with Gasteiger partial charge >= 0.3 is 11.9 Å². The maximum Gasteiger partial charge on any atom is 0.307 e. The fraction of sp³-hybridized carbons (Fsp3) is 0.538. The van der Waals surface area contributed by atoms with Crippen LogP contribution in [0, 0.1) is 5.92 Å². The Morgan fingerprint density at radius 3 is 2.33 bits per heavy atom. The van der Waals surface area contributed by atoms with Crippen molar-refractivity contribution in [1.82, 2.24) is 0 Å². The van der Waals surface area contributed by atoms with E-state index in [0.29, 0.717) is 19.3 Å². The molecule has 0 aromatic heterocycles. The van der Waals surface area contributed by atoms with Gasteiger partial charge in [0.1, 0.15) is 0 Å². The van der Waals surface area contributed by atoms with Crippen molar-refractivity contribution in [2.24, 2.45) is 5.92 Å². The van der Waals surface area contributed by atoms with Gasteiger partial charge in [-0.15, -0.1) is 0 Å². The van der Waals surface area contributed by atoms with Crippen LogP contribution in [-0.2, 0) is 20.6 Å². The third kappa shape index (κ3) is 8.60. The molecule has 3 N–H and O–H groups in total. The highest BCUT2D eigenvalue weighted by molar-refractivity contribution is 7.58. The molecule has 3 unspecified atom stereocenters. The number of carboxylic acids is 2. The second kappa shape index (κ2) is 13.5. The smallest absolute Gasteiger partial charge is 0.307 e. The number of carbonyl (C=O) groups is 2. The monoisotopic (exact) mass is 476 g/mol. The first-order valence-corrected chi connectivity index (χ1v) is 13.9. The van der Waals surface area contributed by atoms with Gasteiger partial charge in [-0.05, 0) is 48.4 Å². The molecule has 3 atom stereocenters. The summed E-state index contributed by atoms with van der Waals surface area (Å²) in [6.07, 6.45) is 5.55. The van der Waals surface area contributed by atoms with E-state index in [2.05, 4.69) is 31.2 Å². The molecule has 2 aromatic rings. The van der Waals surface area contributed by atoms with Crippen LogP contribution in [0.1, 0.15) is 70.3 Å². The van der Waals surface area contributed by atoms with Crippen molar-refractivity contribution in [3.63, 3.8) is 0 Å². The Hall–Kier alpha value is -2.17. The topological polar surface area (TPSA) is 112 Å². The van der Waals surface area contributed by atoms with Gasteiger partial charge in [-0.3, -0.25) is 14.2 Å². The Morgan fingerprint density at radius 1 is 0.909 bits per heavy atom. The molecule has 0 aliphatic heterocycles. The molecule has 0 aliphatic carbocycles. The fourth-order valence-electron chi connectivity index (χ4n) is 4.55. The summed E-state index contributed by atoms with van der Waals surface area (Å²) < 4.78 is 13.3. The maximum absolute atomic E-state index is 13.3. The molecule has 0 saturated heterocycles. The summed E-state index contributed by atoms with van der Waals surface area (Å²) in [7, 11) is -3.76. The molecular weight excluding hydrogens is 439 g/mol. The summed E-state index contributed by atoms with van der Waals surface area (Å²) in [6, 6.07) is 14.3. The molecule has 0 spiro atoms. The summed E-state index contributed by atoms with van der Waals surface area (Å²) in [5.74, 6) is -3.38. The number of unbranched alkanes of at least 4 members (excludes halogenated alkanes) is 4. The summed E-state index contributed by atoms with van der Waals surface area (Å²) in [4.78, 5) is 33.8. The van der Waals surface area contributed by atoms with Crippen molar-refractivity contribution in [3.05, 3.63) is 48.0 Å². The number of aliphatic carboxylic acids is 2. The molecule has 2 rings (SSSR count). The first-order valence-electron chi connectivity index (χ1n) is 12.0. The zero-order chi connectivity index (χ0) is 24.3. The molecule has 182 valence electrons. The van der Waals surface area contributed by atoms with E-state index >= 15 is 0 Å². The number of fused-ring (bicyclic) bond motifs is 1. The molecule has 0 fully saturated rings. The first kappa shape index (κ1) is 27.1. The third-order valence-electron chi connectivity index (χ3n) is 6.38. The van der Waals surface area contributed by atoms with Crippen molar-refractivity contribution in [2.45, 2.75) is 76.8 Å². The zero-order valence-corrected chi connectivity index (χ0v) is 20.4. The van der Waals surface area contributed by atoms with Crippen LogP contribution in [0.25, 0.3) is 10.8 Å². The van der Waals surface area contributed by atoms with E-state index in [1.165, 1.54) is 10.9 Å². The van der Waals surface area contributed by atoms with Gasteiger partial charge in [-0.1, -0.05) is 75.1 Å². The van der Waals surface area contributed by atoms with Crippen LogP contribution in [0.2, 0.25) is 0 Å². The fourth-order valence-corrected chi connectivity index (χ4v) is 6.99. The predicted octanol–water partition coefficient (Wildman–Crippen LogP) is 6.34. The summed E-state index contributed by atoms with van der Waals surface area (Å²) in [5.41, 5.74) is 0.297. The second-order valence-electron chi connectivity index (χ2n) is 8.87. The van der Waals surface area contributed by atoms with Gasteiger partial charge in [-0.25, -0.2) is 0 Å². The number of aryl methyl sites for hydroxylation is 1. The number of carboxylic acid groups (broad SMARTS) is 2. The molecular formula is C26H37O6P. The van der Waals surface area contributed by atoms with Crippen LogP contribution in [0.3, 0.4) is 0 Å². The van der Waals surface area contributed by atoms with E-state index in [0.717, 1.165) is 37.5 Å². The average molecular weight is 477 g/mol. The molecule has 7 heteroatoms. The minimum absolute atomic E-state index is 0.0626. The normalized spacial score (nSPS) is 15.1. The minimum atomic E-state index is -3.76. The lowest BCUT2D eigenvalue weighted by Gasteiger charge is -2.28. The Balaban J connectivity index is 2.04. The van der Waals surface area contributed by atoms with Crippen LogP contribution < -0.4 is 0 Å². The maximum atomic E-state index is 13.3. The van der Waals surface area contributed by atoms with Crippen LogP contribution in [0.15, 0.2) is 42.5 Å². The Morgan fingerprint density at radius 2 is 1.64 bits per heavy atom. The van der Waals surface area contributed by atoms with Crippen molar-refractivity contribution >= 4 is 30.1 Å². The van der Waals surface area contributed by atoms with Crippen molar-refractivity contribution in [2.75, 3.05) is 6.16 Å². The molecule has 0 aliphatic rings. The molecule has 0 bridgehead atoms. The molecule has 0 amide bonds. The zero-order valence-electron chi connectivity index (χ0n) is 19.5. The minimum Gasteiger partial charge on any atom is -0.481 e. The quantitative estimate of drug-likeness (QED) is 0.193. The number of rotatable bonds is 16. The highest BCUT2D eigenvalue weighted by Gasteiger charge is 2.40. The van der Waals surface area contributed by atoms with E-state index in [9.17, 15) is 24.2 Å². The lowest BCUT2D eigenvalue weighted by molar-refractivity contribution is -0.143. The van der Waals surface area contributed by atoms with E-state index in [1.807, 2.05) is 18.2 Å². The number of hydrogen-bond acceptors (Lipinski definition) is 3. The van der Waals surface area contributed by atoms with Gasteiger partial charge in [0, 0.05) is 18.2 Å². The van der Waals surface area contributed by atoms with Crippen molar-refractivity contribution < 1.29 is 29.3 Å². The second-order valence-corrected chi connectivity index (χ2v) is 11.5. The van der Waals surface area contributed by atoms with Crippen LogP contribution >= 0.6 is 7.37 Å². The Kier molecular flexibility index (Phi) is 11.1. The molecule has 2 aromatic carbocycles. The number of benzene rings is 2. The largest absolute Gasteiger partial charge is 0.481 e. The standard InChI is InChI=1S/C26H37O6P/c1-2-3-4-5-16-24(23(26(29)30)17-18-25(27)28)33(31,32)19-9-8-12-21-14-10-13-20-11-6-7-15-22(20)21/h6-7,10-11,13-15,23-24H,2-5,8-9,12,16-19H2,1H3,(H,27,28)(H,29,30)(H,31,32). The van der Waals surface area contributed by atoms with Crippen molar-refractivity contribution in [3.8, 4) is 0 Å². The van der Waals surface area contributed by atoms with E-state index in [1.54, 1.807) is 0 Å². The van der Waals surface area contributed by atoms with Gasteiger partial charge < -0.3 is 15.1 Å². The molecule has 0 saturated carbocycles. The highest BCUT2D eigenvalue weighted by Crippen LogP contribution is 2.53. The SMILES string of the molecule is CCCCCCC(C(CCC(=O)O)C(=O)O)P(=O)(O)CCCCc1cccc2ccccc12. The summed E-state index contributed by atoms with van der Waals surface area (Å²) in [5, 5.41) is 21.1. The molecule has 33 heavy (non-hydrogen) atoms. The van der Waals surface area contributed by atoms with Crippen molar-refractivity contribution in [1.29, 1.82) is 0 Å². The van der Waals surface area contributed by atoms with Gasteiger partial charge in [0.2, 0.25) is 7.37 Å². The Bertz CT molecular complexity index is 951. The highest BCUT2D eigenvalue weighted by atomic mass is 31.2. The molecule has 6 nitrogen and oxygen atoms in total. The van der Waals surface area contributed by atoms with E-state index in [-0.39, 0.29) is 19.0 Å². The lowest BCUT2D eigenvalue weighted by atomic mass is 9.95. The van der Waals surface area contributed by atoms with E-state index < -0.39 is 30.9 Å². The summed E-state index contributed by atoms with van der Waals surface area (Å²) in [6.45, 7) is 2.07. The summed E-state index contributed by atoms with van der Waals surface area (Å²) >= 11 is 0. The Labute approximate surface area is 196 Å². The third-order valence-corrected chi connectivity index (χ3v) is 8.99. The molecule has 0 radical (unpaired) electrons. The lowest BCUT2D eigenvalue weighted by Crippen LogP contribution is -2.30. The average Bonchev–Trinajstić information content (AvgIpc) is 2.77. The van der Waals surface area contributed by atoms with E-state index in [4.69, 9.17) is 5.11 Å². The van der Waals surface area contributed by atoms with Gasteiger partial charge in [0.05, 0.1) is 5.92 Å².